The summed E-state index contributed by atoms with van der Waals surface area (Å²) in [6.45, 7) is 0. The first kappa shape index (κ1) is 14.7. The molecule has 0 aliphatic heterocycles. The van der Waals surface area contributed by atoms with Gasteiger partial charge in [0.05, 0.1) is 18.8 Å². The Bertz CT molecular complexity index is 475. The number of esters is 1. The summed E-state index contributed by atoms with van der Waals surface area (Å²) in [6.07, 6.45) is 3.74. The molecule has 1 aromatic carbocycles. The van der Waals surface area contributed by atoms with Crippen molar-refractivity contribution in [1.82, 2.24) is 0 Å². The van der Waals surface area contributed by atoms with E-state index in [0.29, 0.717) is 17.0 Å². The minimum absolute atomic E-state index is 0.0947. The molecule has 2 rings (SSSR count). The summed E-state index contributed by atoms with van der Waals surface area (Å²) >= 11 is 0. The second-order valence-corrected chi connectivity index (χ2v) is 5.00. The fraction of sp³-hybridized carbons (Fsp3) is 0.533. The van der Waals surface area contributed by atoms with Gasteiger partial charge in [-0.05, 0) is 31.4 Å². The van der Waals surface area contributed by atoms with Crippen LogP contribution in [0.2, 0.25) is 0 Å². The van der Waals surface area contributed by atoms with E-state index in [9.17, 15) is 4.79 Å². The van der Waals surface area contributed by atoms with Gasteiger partial charge in [-0.3, -0.25) is 0 Å². The van der Waals surface area contributed by atoms with Crippen LogP contribution < -0.4 is 10.5 Å². The highest BCUT2D eigenvalue weighted by Crippen LogP contribution is 2.26. The van der Waals surface area contributed by atoms with Crippen molar-refractivity contribution in [3.05, 3.63) is 23.8 Å². The normalized spacial score (nSPS) is 22.3. The molecule has 2 unspecified atom stereocenters. The number of anilines is 1. The third kappa shape index (κ3) is 3.42. The molecule has 1 aromatic rings. The number of methoxy groups -OCH3 is 2. The van der Waals surface area contributed by atoms with Crippen molar-refractivity contribution >= 4 is 11.7 Å². The summed E-state index contributed by atoms with van der Waals surface area (Å²) in [5.74, 6) is 0.239. The van der Waals surface area contributed by atoms with Crippen molar-refractivity contribution in [3.8, 4) is 5.75 Å². The number of carbonyl (C=O) groups is 1. The Kier molecular flexibility index (Phi) is 4.84. The van der Waals surface area contributed by atoms with Gasteiger partial charge in [0, 0.05) is 25.3 Å². The topological polar surface area (TPSA) is 70.8 Å². The molecule has 0 saturated heterocycles. The van der Waals surface area contributed by atoms with E-state index in [1.807, 2.05) is 0 Å². The van der Waals surface area contributed by atoms with Crippen LogP contribution in [-0.2, 0) is 9.47 Å². The van der Waals surface area contributed by atoms with Crippen LogP contribution in [0, 0.1) is 0 Å². The zero-order valence-corrected chi connectivity index (χ0v) is 11.9. The van der Waals surface area contributed by atoms with Gasteiger partial charge in [-0.25, -0.2) is 4.79 Å². The summed E-state index contributed by atoms with van der Waals surface area (Å²) in [5.41, 5.74) is 6.60. The fourth-order valence-electron chi connectivity index (χ4n) is 2.49. The molecule has 2 atom stereocenters. The maximum atomic E-state index is 12.1. The molecule has 5 nitrogen and oxygen atoms in total. The smallest absolute Gasteiger partial charge is 0.340 e. The summed E-state index contributed by atoms with van der Waals surface area (Å²) < 4.78 is 15.9. The first-order valence-electron chi connectivity index (χ1n) is 6.81. The zero-order chi connectivity index (χ0) is 14.5. The average molecular weight is 279 g/mol. The molecule has 0 heterocycles. The molecule has 20 heavy (non-hydrogen) atoms. The highest BCUT2D eigenvalue weighted by Gasteiger charge is 2.25. The molecule has 2 N–H and O–H groups in total. The van der Waals surface area contributed by atoms with Gasteiger partial charge in [0.2, 0.25) is 0 Å². The fourth-order valence-corrected chi connectivity index (χ4v) is 2.49. The first-order valence-corrected chi connectivity index (χ1v) is 6.81. The van der Waals surface area contributed by atoms with E-state index in [2.05, 4.69) is 0 Å². The lowest BCUT2D eigenvalue weighted by atomic mass is 9.95. The van der Waals surface area contributed by atoms with Crippen molar-refractivity contribution in [1.29, 1.82) is 0 Å². The van der Waals surface area contributed by atoms with Gasteiger partial charge in [-0.2, -0.15) is 0 Å². The minimum Gasteiger partial charge on any atom is -0.497 e. The maximum absolute atomic E-state index is 12.1. The van der Waals surface area contributed by atoms with Crippen molar-refractivity contribution in [2.45, 2.75) is 37.9 Å². The Balaban J connectivity index is 2.01. The summed E-state index contributed by atoms with van der Waals surface area (Å²) in [4.78, 5) is 12.1. The van der Waals surface area contributed by atoms with E-state index in [1.54, 1.807) is 32.4 Å². The van der Waals surface area contributed by atoms with Crippen LogP contribution in [0.15, 0.2) is 18.2 Å². The predicted molar refractivity (Wildman–Crippen MR) is 75.9 cm³/mol. The Morgan fingerprint density at radius 1 is 1.25 bits per heavy atom. The lowest BCUT2D eigenvalue weighted by Crippen LogP contribution is -2.29. The number of nitrogens with two attached hydrogens (primary N) is 1. The lowest BCUT2D eigenvalue weighted by molar-refractivity contribution is -0.0148. The summed E-state index contributed by atoms with van der Waals surface area (Å²) in [5, 5.41) is 0. The van der Waals surface area contributed by atoms with Gasteiger partial charge < -0.3 is 19.9 Å². The quantitative estimate of drug-likeness (QED) is 0.677. The van der Waals surface area contributed by atoms with E-state index in [1.165, 1.54) is 0 Å². The van der Waals surface area contributed by atoms with Crippen molar-refractivity contribution < 1.29 is 19.0 Å². The maximum Gasteiger partial charge on any atom is 0.340 e. The van der Waals surface area contributed by atoms with Gasteiger partial charge in [0.25, 0.3) is 0 Å². The van der Waals surface area contributed by atoms with Gasteiger partial charge in [0.1, 0.15) is 11.9 Å². The largest absolute Gasteiger partial charge is 0.497 e. The molecule has 1 aliphatic rings. The van der Waals surface area contributed by atoms with Crippen LogP contribution >= 0.6 is 0 Å². The molecule has 0 aromatic heterocycles. The highest BCUT2D eigenvalue weighted by atomic mass is 16.5. The van der Waals surface area contributed by atoms with E-state index in [4.69, 9.17) is 19.9 Å². The number of hydrogen-bond donors (Lipinski definition) is 1. The molecule has 0 radical (unpaired) electrons. The number of nitrogen functional groups attached to an aromatic ring is 1. The van der Waals surface area contributed by atoms with Crippen LogP contribution in [0.4, 0.5) is 5.69 Å². The molecule has 0 amide bonds. The second kappa shape index (κ2) is 6.61. The van der Waals surface area contributed by atoms with E-state index >= 15 is 0 Å². The number of rotatable bonds is 4. The van der Waals surface area contributed by atoms with Crippen LogP contribution in [-0.4, -0.2) is 32.4 Å². The van der Waals surface area contributed by atoms with Gasteiger partial charge in [0.15, 0.2) is 0 Å². The Hall–Kier alpha value is -1.75. The van der Waals surface area contributed by atoms with E-state index in [-0.39, 0.29) is 18.2 Å². The van der Waals surface area contributed by atoms with Crippen LogP contribution in [0.3, 0.4) is 0 Å². The number of ether oxygens (including phenoxy) is 3. The highest BCUT2D eigenvalue weighted by molar-refractivity contribution is 5.95. The molecule has 1 aliphatic carbocycles. The molecule has 5 heteroatoms. The number of hydrogen-bond acceptors (Lipinski definition) is 5. The standard InChI is InChI=1S/C15H21NO4/c1-18-10-4-3-5-12(8-10)20-15(17)13-7-6-11(19-2)9-14(13)16/h6-7,9-10,12H,3-5,8,16H2,1-2H3. The Morgan fingerprint density at radius 2 is 2.00 bits per heavy atom. The molecule has 1 fully saturated rings. The van der Waals surface area contributed by atoms with Crippen LogP contribution in [0.1, 0.15) is 36.0 Å². The number of carbonyl (C=O) groups excluding carboxylic acids is 1. The molecule has 110 valence electrons. The first-order chi connectivity index (χ1) is 9.63. The molecule has 0 spiro atoms. The summed E-state index contributed by atoms with van der Waals surface area (Å²) in [7, 11) is 3.25. The third-order valence-electron chi connectivity index (χ3n) is 3.66. The summed E-state index contributed by atoms with van der Waals surface area (Å²) in [6, 6.07) is 4.95. The zero-order valence-electron chi connectivity index (χ0n) is 11.9. The van der Waals surface area contributed by atoms with E-state index < -0.39 is 0 Å². The second-order valence-electron chi connectivity index (χ2n) is 5.00. The Morgan fingerprint density at radius 3 is 2.65 bits per heavy atom. The predicted octanol–water partition coefficient (Wildman–Crippen LogP) is 2.39. The van der Waals surface area contributed by atoms with E-state index in [0.717, 1.165) is 25.7 Å². The molecular weight excluding hydrogens is 258 g/mol. The molecule has 1 saturated carbocycles. The van der Waals surface area contributed by atoms with Crippen molar-refractivity contribution in [2.75, 3.05) is 20.0 Å². The average Bonchev–Trinajstić information content (AvgIpc) is 2.47. The Labute approximate surface area is 119 Å². The molecular formula is C15H21NO4. The van der Waals surface area contributed by atoms with Gasteiger partial charge >= 0.3 is 5.97 Å². The SMILES string of the molecule is COc1ccc(C(=O)OC2CCCC(OC)C2)c(N)c1. The van der Waals surface area contributed by atoms with Gasteiger partial charge in [-0.15, -0.1) is 0 Å². The van der Waals surface area contributed by atoms with Crippen molar-refractivity contribution in [3.63, 3.8) is 0 Å². The number of benzene rings is 1. The molecule has 0 bridgehead atoms. The monoisotopic (exact) mass is 279 g/mol. The van der Waals surface area contributed by atoms with Crippen LogP contribution in [0.5, 0.6) is 5.75 Å². The van der Waals surface area contributed by atoms with Crippen molar-refractivity contribution in [2.24, 2.45) is 0 Å². The van der Waals surface area contributed by atoms with Crippen LogP contribution in [0.25, 0.3) is 0 Å². The lowest BCUT2D eigenvalue weighted by Gasteiger charge is -2.28. The minimum atomic E-state index is -0.382. The van der Waals surface area contributed by atoms with Gasteiger partial charge in [-0.1, -0.05) is 0 Å². The third-order valence-corrected chi connectivity index (χ3v) is 3.66.